The summed E-state index contributed by atoms with van der Waals surface area (Å²) >= 11 is 0. The molecule has 1 atom stereocenters. The number of carbonyl (C=O) groups is 1. The molecule has 1 amide bonds. The van der Waals surface area contributed by atoms with E-state index in [-0.39, 0.29) is 23.9 Å². The molecule has 1 N–H and O–H groups in total. The van der Waals surface area contributed by atoms with E-state index in [0.717, 1.165) is 24.6 Å². The predicted octanol–water partition coefficient (Wildman–Crippen LogP) is 5.35. The molecule has 198 valence electrons. The van der Waals surface area contributed by atoms with Crippen LogP contribution in [0.3, 0.4) is 0 Å². The number of rotatable bonds is 12. The molecular weight excluding hydrogens is 496 g/mol. The fourth-order valence-electron chi connectivity index (χ4n) is 3.30. The summed E-state index contributed by atoms with van der Waals surface area (Å²) in [5, 5.41) is 26.2. The Bertz CT molecular complexity index is 1340. The average Bonchev–Trinajstić information content (AvgIpc) is 2.92. The second-order valence-corrected chi connectivity index (χ2v) is 8.14. The third kappa shape index (κ3) is 7.26. The summed E-state index contributed by atoms with van der Waals surface area (Å²) in [6, 6.07) is 15.2. The summed E-state index contributed by atoms with van der Waals surface area (Å²) in [7, 11) is 1.38. The molecule has 0 aliphatic carbocycles. The molecule has 0 spiro atoms. The van der Waals surface area contributed by atoms with Gasteiger partial charge >= 0.3 is 5.69 Å². The van der Waals surface area contributed by atoms with Gasteiger partial charge in [-0.05, 0) is 59.9 Å². The molecule has 0 aromatic heterocycles. The Morgan fingerprint density at radius 1 is 1.00 bits per heavy atom. The van der Waals surface area contributed by atoms with Crippen LogP contribution < -0.4 is 19.6 Å². The van der Waals surface area contributed by atoms with E-state index in [4.69, 9.17) is 14.2 Å². The van der Waals surface area contributed by atoms with E-state index in [2.05, 4.69) is 24.4 Å². The smallest absolute Gasteiger partial charge is 0.318 e. The van der Waals surface area contributed by atoms with Gasteiger partial charge in [0.1, 0.15) is 5.75 Å². The summed E-state index contributed by atoms with van der Waals surface area (Å²) < 4.78 is 16.4. The van der Waals surface area contributed by atoms with Crippen LogP contribution in [0.4, 0.5) is 11.4 Å². The number of benzene rings is 3. The van der Waals surface area contributed by atoms with Crippen LogP contribution in [0, 0.1) is 20.2 Å². The lowest BCUT2D eigenvalue weighted by molar-refractivity contribution is -0.394. The standard InChI is InChI=1S/C26H26N4O8/c1-4-17(2)19-6-9-21(10-7-19)37-16-26(31)28-27-15-18-5-11-24(25(13-18)36-3)38-23-12-8-20(29(32)33)14-22(23)30(34)35/h5-15,17H,4,16H2,1-3H3,(H,28,31)/b27-15+/t17-/m0/s1. The van der Waals surface area contributed by atoms with E-state index in [1.54, 1.807) is 6.07 Å². The van der Waals surface area contributed by atoms with E-state index in [1.807, 2.05) is 24.3 Å². The lowest BCUT2D eigenvalue weighted by atomic mass is 9.99. The number of nitro groups is 2. The highest BCUT2D eigenvalue weighted by Crippen LogP contribution is 2.38. The molecule has 0 radical (unpaired) electrons. The maximum Gasteiger partial charge on any atom is 0.318 e. The van der Waals surface area contributed by atoms with Gasteiger partial charge in [0.15, 0.2) is 18.1 Å². The fraction of sp³-hybridized carbons (Fsp3) is 0.231. The topological polar surface area (TPSA) is 155 Å². The van der Waals surface area contributed by atoms with Crippen LogP contribution in [-0.2, 0) is 4.79 Å². The van der Waals surface area contributed by atoms with Crippen LogP contribution in [0.15, 0.2) is 65.8 Å². The third-order valence-corrected chi connectivity index (χ3v) is 5.59. The minimum atomic E-state index is -0.774. The van der Waals surface area contributed by atoms with Gasteiger partial charge in [-0.2, -0.15) is 5.10 Å². The van der Waals surface area contributed by atoms with Crippen molar-refractivity contribution in [2.45, 2.75) is 26.2 Å². The Hall–Kier alpha value is -5.00. The second kappa shape index (κ2) is 12.8. The zero-order chi connectivity index (χ0) is 27.7. The predicted molar refractivity (Wildman–Crippen MR) is 139 cm³/mol. The number of carbonyl (C=O) groups excluding carboxylic acids is 1. The quantitative estimate of drug-likeness (QED) is 0.190. The molecule has 3 rings (SSSR count). The SMILES string of the molecule is CC[C@H](C)c1ccc(OCC(=O)N/N=C/c2ccc(Oc3ccc([N+](=O)[O-])cc3[N+](=O)[O-])c(OC)c2)cc1. The van der Waals surface area contributed by atoms with Gasteiger partial charge in [0.2, 0.25) is 5.75 Å². The van der Waals surface area contributed by atoms with Crippen molar-refractivity contribution in [3.05, 3.63) is 92.0 Å². The molecule has 0 fully saturated rings. The van der Waals surface area contributed by atoms with E-state index in [9.17, 15) is 25.0 Å². The third-order valence-electron chi connectivity index (χ3n) is 5.59. The van der Waals surface area contributed by atoms with E-state index < -0.39 is 27.1 Å². The Balaban J connectivity index is 1.61. The first-order valence-corrected chi connectivity index (χ1v) is 11.5. The second-order valence-electron chi connectivity index (χ2n) is 8.14. The van der Waals surface area contributed by atoms with Gasteiger partial charge in [0.25, 0.3) is 11.6 Å². The highest BCUT2D eigenvalue weighted by atomic mass is 16.6. The normalized spacial score (nSPS) is 11.6. The molecule has 12 heteroatoms. The highest BCUT2D eigenvalue weighted by Gasteiger charge is 2.22. The van der Waals surface area contributed by atoms with Gasteiger partial charge in [-0.15, -0.1) is 0 Å². The van der Waals surface area contributed by atoms with Crippen molar-refractivity contribution in [2.75, 3.05) is 13.7 Å². The Kier molecular flexibility index (Phi) is 9.30. The fourth-order valence-corrected chi connectivity index (χ4v) is 3.30. The van der Waals surface area contributed by atoms with Crippen LogP contribution in [0.25, 0.3) is 0 Å². The highest BCUT2D eigenvalue weighted by molar-refractivity contribution is 5.83. The number of nitrogens with zero attached hydrogens (tertiary/aromatic N) is 3. The van der Waals surface area contributed by atoms with Crippen molar-refractivity contribution in [3.63, 3.8) is 0 Å². The number of non-ortho nitro benzene ring substituents is 1. The molecule has 3 aromatic carbocycles. The number of hydrazone groups is 1. The number of nitrogens with one attached hydrogen (secondary N) is 1. The molecule has 0 aliphatic heterocycles. The first-order chi connectivity index (χ1) is 18.2. The van der Waals surface area contributed by atoms with Gasteiger partial charge < -0.3 is 14.2 Å². The zero-order valence-corrected chi connectivity index (χ0v) is 21.0. The number of hydrogen-bond acceptors (Lipinski definition) is 9. The molecule has 0 saturated carbocycles. The van der Waals surface area contributed by atoms with Gasteiger partial charge in [-0.25, -0.2) is 5.43 Å². The zero-order valence-electron chi connectivity index (χ0n) is 21.0. The lowest BCUT2D eigenvalue weighted by Gasteiger charge is -2.11. The lowest BCUT2D eigenvalue weighted by Crippen LogP contribution is -2.24. The van der Waals surface area contributed by atoms with Crippen LogP contribution in [-0.4, -0.2) is 35.7 Å². The van der Waals surface area contributed by atoms with Gasteiger partial charge in [0, 0.05) is 6.07 Å². The minimum absolute atomic E-state index is 0.137. The molecule has 12 nitrogen and oxygen atoms in total. The van der Waals surface area contributed by atoms with E-state index >= 15 is 0 Å². The van der Waals surface area contributed by atoms with Crippen molar-refractivity contribution in [1.82, 2.24) is 5.43 Å². The molecule has 0 aliphatic rings. The van der Waals surface area contributed by atoms with Gasteiger partial charge in [-0.3, -0.25) is 25.0 Å². The molecule has 0 unspecified atom stereocenters. The summed E-state index contributed by atoms with van der Waals surface area (Å²) in [6.45, 7) is 4.04. The molecule has 3 aromatic rings. The largest absolute Gasteiger partial charge is 0.493 e. The number of amides is 1. The summed E-state index contributed by atoms with van der Waals surface area (Å²) in [4.78, 5) is 32.8. The Labute approximate surface area is 218 Å². The molecule has 0 bridgehead atoms. The minimum Gasteiger partial charge on any atom is -0.493 e. The Morgan fingerprint density at radius 2 is 1.71 bits per heavy atom. The van der Waals surface area contributed by atoms with Crippen molar-refractivity contribution in [1.29, 1.82) is 0 Å². The summed E-state index contributed by atoms with van der Waals surface area (Å²) in [6.07, 6.45) is 2.41. The first kappa shape index (κ1) is 27.6. The van der Waals surface area contributed by atoms with Crippen LogP contribution >= 0.6 is 0 Å². The molecule has 0 heterocycles. The number of nitro benzene ring substituents is 2. The van der Waals surface area contributed by atoms with Crippen molar-refractivity contribution >= 4 is 23.5 Å². The maximum atomic E-state index is 12.1. The maximum absolute atomic E-state index is 12.1. The summed E-state index contributed by atoms with van der Waals surface area (Å²) in [5.41, 5.74) is 3.10. The van der Waals surface area contributed by atoms with Gasteiger partial charge in [-0.1, -0.05) is 26.0 Å². The molecule has 38 heavy (non-hydrogen) atoms. The van der Waals surface area contributed by atoms with Crippen LogP contribution in [0.1, 0.15) is 37.3 Å². The monoisotopic (exact) mass is 522 g/mol. The van der Waals surface area contributed by atoms with Gasteiger partial charge in [0.05, 0.1) is 29.2 Å². The number of hydrogen-bond donors (Lipinski definition) is 1. The molecular formula is C26H26N4O8. The van der Waals surface area contributed by atoms with Crippen LogP contribution in [0.2, 0.25) is 0 Å². The average molecular weight is 523 g/mol. The van der Waals surface area contributed by atoms with Crippen LogP contribution in [0.5, 0.6) is 23.0 Å². The summed E-state index contributed by atoms with van der Waals surface area (Å²) in [5.74, 6) is 0.730. The van der Waals surface area contributed by atoms with Crippen molar-refractivity contribution in [2.24, 2.45) is 5.10 Å². The van der Waals surface area contributed by atoms with E-state index in [0.29, 0.717) is 17.2 Å². The number of ether oxygens (including phenoxy) is 3. The Morgan fingerprint density at radius 3 is 2.34 bits per heavy atom. The number of methoxy groups -OCH3 is 1. The first-order valence-electron chi connectivity index (χ1n) is 11.5. The molecule has 0 saturated heterocycles. The van der Waals surface area contributed by atoms with E-state index in [1.165, 1.54) is 31.0 Å². The van der Waals surface area contributed by atoms with Crippen molar-refractivity contribution < 1.29 is 28.9 Å². The van der Waals surface area contributed by atoms with Crippen molar-refractivity contribution in [3.8, 4) is 23.0 Å².